The summed E-state index contributed by atoms with van der Waals surface area (Å²) in [6.45, 7) is 2.55. The van der Waals surface area contributed by atoms with Crippen LogP contribution in [0.15, 0.2) is 0 Å². The van der Waals surface area contributed by atoms with E-state index in [1.165, 1.54) is 4.90 Å². The molecule has 2 N–H and O–H groups in total. The molecule has 1 fully saturated rings. The number of amides is 1. The largest absolute Gasteiger partial charge is 0.465 e. The maximum atomic E-state index is 10.9. The number of hydrogen-bond donors (Lipinski definition) is 1. The lowest BCUT2D eigenvalue weighted by Gasteiger charge is -2.34. The second-order valence-corrected chi connectivity index (χ2v) is 2.63. The topological polar surface area (TPSA) is 72.6 Å². The number of esters is 1. The van der Waals surface area contributed by atoms with Crippen LogP contribution in [-0.2, 0) is 14.3 Å². The van der Waals surface area contributed by atoms with E-state index in [4.69, 9.17) is 5.73 Å². The van der Waals surface area contributed by atoms with E-state index in [1.54, 1.807) is 6.92 Å². The van der Waals surface area contributed by atoms with Gasteiger partial charge in [-0.15, -0.1) is 0 Å². The van der Waals surface area contributed by atoms with Gasteiger partial charge in [0.25, 0.3) is 0 Å². The van der Waals surface area contributed by atoms with Crippen LogP contribution in [0.4, 0.5) is 0 Å². The number of ether oxygens (including phenoxy) is 1. The Kier molecular flexibility index (Phi) is 2.65. The molecule has 1 atom stereocenters. The summed E-state index contributed by atoms with van der Waals surface area (Å²) < 4.78 is 4.66. The molecule has 0 saturated carbocycles. The van der Waals surface area contributed by atoms with Gasteiger partial charge >= 0.3 is 5.97 Å². The maximum Gasteiger partial charge on any atom is 0.325 e. The lowest BCUT2D eigenvalue weighted by atomic mass is 10.1. The Labute approximate surface area is 70.5 Å². The van der Waals surface area contributed by atoms with Crippen molar-refractivity contribution < 1.29 is 14.3 Å². The lowest BCUT2D eigenvalue weighted by Crippen LogP contribution is -2.62. The predicted octanol–water partition coefficient (Wildman–Crippen LogP) is -1.28. The summed E-state index contributed by atoms with van der Waals surface area (Å²) in [5.41, 5.74) is 5.32. The van der Waals surface area contributed by atoms with Gasteiger partial charge in [-0.1, -0.05) is 0 Å². The van der Waals surface area contributed by atoms with E-state index in [9.17, 15) is 9.59 Å². The molecule has 1 amide bonds. The van der Waals surface area contributed by atoms with Gasteiger partial charge in [0.15, 0.2) is 0 Å². The summed E-state index contributed by atoms with van der Waals surface area (Å²) in [5.74, 6) is -0.555. The first-order valence-corrected chi connectivity index (χ1v) is 3.85. The lowest BCUT2D eigenvalue weighted by molar-refractivity contribution is -0.154. The molecule has 1 unspecified atom stereocenters. The van der Waals surface area contributed by atoms with Gasteiger partial charge in [-0.05, 0) is 6.92 Å². The van der Waals surface area contributed by atoms with E-state index in [2.05, 4.69) is 4.74 Å². The average Bonchev–Trinajstić information content (AvgIpc) is 2.04. The molecule has 68 valence electrons. The zero-order valence-corrected chi connectivity index (χ0v) is 6.95. The summed E-state index contributed by atoms with van der Waals surface area (Å²) in [4.78, 5) is 23.1. The van der Waals surface area contributed by atoms with Gasteiger partial charge in [-0.3, -0.25) is 9.59 Å². The SMILES string of the molecule is CCOC(=O)CN1CC(N)C1=O. The standard InChI is InChI=1S/C7H12N2O3/c1-2-12-6(10)4-9-3-5(8)7(9)11/h5H,2-4,8H2,1H3. The highest BCUT2D eigenvalue weighted by molar-refractivity contribution is 5.90. The molecule has 1 aliphatic heterocycles. The minimum absolute atomic E-state index is 0.0281. The van der Waals surface area contributed by atoms with E-state index >= 15 is 0 Å². The number of nitrogens with two attached hydrogens (primary N) is 1. The van der Waals surface area contributed by atoms with Crippen LogP contribution in [0.1, 0.15) is 6.92 Å². The molecule has 1 aliphatic rings. The first-order chi connectivity index (χ1) is 5.65. The van der Waals surface area contributed by atoms with Gasteiger partial charge in [0.2, 0.25) is 5.91 Å². The highest BCUT2D eigenvalue weighted by Gasteiger charge is 2.34. The molecule has 1 rings (SSSR count). The molecule has 5 heteroatoms. The monoisotopic (exact) mass is 172 g/mol. The molecule has 5 nitrogen and oxygen atoms in total. The Morgan fingerprint density at radius 2 is 2.50 bits per heavy atom. The molecule has 0 bridgehead atoms. The summed E-state index contributed by atoms with van der Waals surface area (Å²) >= 11 is 0. The van der Waals surface area contributed by atoms with Crippen LogP contribution in [0.25, 0.3) is 0 Å². The molecular weight excluding hydrogens is 160 g/mol. The molecule has 12 heavy (non-hydrogen) atoms. The van der Waals surface area contributed by atoms with Crippen LogP contribution >= 0.6 is 0 Å². The third-order valence-electron chi connectivity index (χ3n) is 1.67. The first kappa shape index (κ1) is 8.99. The Hall–Kier alpha value is -1.10. The fourth-order valence-corrected chi connectivity index (χ4v) is 1.03. The van der Waals surface area contributed by atoms with Crippen molar-refractivity contribution in [3.05, 3.63) is 0 Å². The van der Waals surface area contributed by atoms with E-state index in [0.717, 1.165) is 0 Å². The fourth-order valence-electron chi connectivity index (χ4n) is 1.03. The quantitative estimate of drug-likeness (QED) is 0.425. The van der Waals surface area contributed by atoms with E-state index in [-0.39, 0.29) is 18.4 Å². The van der Waals surface area contributed by atoms with E-state index < -0.39 is 6.04 Å². The van der Waals surface area contributed by atoms with Gasteiger partial charge in [0.05, 0.1) is 6.61 Å². The molecule has 0 aromatic rings. The average molecular weight is 172 g/mol. The van der Waals surface area contributed by atoms with Gasteiger partial charge in [0.1, 0.15) is 12.6 Å². The first-order valence-electron chi connectivity index (χ1n) is 3.85. The molecule has 0 aliphatic carbocycles. The minimum Gasteiger partial charge on any atom is -0.465 e. The van der Waals surface area contributed by atoms with Crippen LogP contribution in [-0.4, -0.2) is 42.5 Å². The van der Waals surface area contributed by atoms with Crippen molar-refractivity contribution in [2.75, 3.05) is 19.7 Å². The Balaban J connectivity index is 2.25. The minimum atomic E-state index is -0.417. The number of nitrogens with zero attached hydrogens (tertiary/aromatic N) is 1. The second-order valence-electron chi connectivity index (χ2n) is 2.63. The number of β-lactam (4-membered cyclic amide) rings is 1. The smallest absolute Gasteiger partial charge is 0.325 e. The predicted molar refractivity (Wildman–Crippen MR) is 41.2 cm³/mol. The molecule has 0 spiro atoms. The van der Waals surface area contributed by atoms with Crippen LogP contribution in [0.2, 0.25) is 0 Å². The van der Waals surface area contributed by atoms with Crippen molar-refractivity contribution in [2.45, 2.75) is 13.0 Å². The normalized spacial score (nSPS) is 22.0. The van der Waals surface area contributed by atoms with Gasteiger partial charge in [0, 0.05) is 6.54 Å². The Bertz CT molecular complexity index is 205. The molecular formula is C7H12N2O3. The summed E-state index contributed by atoms with van der Waals surface area (Å²) in [7, 11) is 0. The number of carbonyl (C=O) groups excluding carboxylic acids is 2. The molecule has 1 heterocycles. The van der Waals surface area contributed by atoms with Crippen molar-refractivity contribution in [1.82, 2.24) is 4.90 Å². The van der Waals surface area contributed by atoms with Crippen molar-refractivity contribution >= 4 is 11.9 Å². The van der Waals surface area contributed by atoms with E-state index in [1.807, 2.05) is 0 Å². The summed E-state index contributed by atoms with van der Waals surface area (Å²) in [5, 5.41) is 0. The van der Waals surface area contributed by atoms with Crippen LogP contribution in [0, 0.1) is 0 Å². The third kappa shape index (κ3) is 1.73. The van der Waals surface area contributed by atoms with Gasteiger partial charge < -0.3 is 15.4 Å². The maximum absolute atomic E-state index is 10.9. The van der Waals surface area contributed by atoms with Crippen molar-refractivity contribution in [3.63, 3.8) is 0 Å². The molecule has 1 saturated heterocycles. The highest BCUT2D eigenvalue weighted by atomic mass is 16.5. The third-order valence-corrected chi connectivity index (χ3v) is 1.67. The van der Waals surface area contributed by atoms with Crippen LogP contribution in [0.5, 0.6) is 0 Å². The second kappa shape index (κ2) is 3.53. The number of rotatable bonds is 3. The number of likely N-dealkylation sites (tertiary alicyclic amines) is 1. The summed E-state index contributed by atoms with van der Waals surface area (Å²) in [6.07, 6.45) is 0. The van der Waals surface area contributed by atoms with Crippen molar-refractivity contribution in [2.24, 2.45) is 5.73 Å². The zero-order valence-electron chi connectivity index (χ0n) is 6.95. The summed E-state index contributed by atoms with van der Waals surface area (Å²) in [6, 6.07) is -0.417. The van der Waals surface area contributed by atoms with Crippen LogP contribution in [0.3, 0.4) is 0 Å². The Morgan fingerprint density at radius 1 is 1.83 bits per heavy atom. The fraction of sp³-hybridized carbons (Fsp3) is 0.714. The molecule has 0 radical (unpaired) electrons. The molecule has 0 aromatic carbocycles. The Morgan fingerprint density at radius 3 is 2.92 bits per heavy atom. The number of hydrogen-bond acceptors (Lipinski definition) is 4. The van der Waals surface area contributed by atoms with Crippen molar-refractivity contribution in [3.8, 4) is 0 Å². The van der Waals surface area contributed by atoms with Crippen molar-refractivity contribution in [1.29, 1.82) is 0 Å². The zero-order chi connectivity index (χ0) is 9.14. The van der Waals surface area contributed by atoms with Gasteiger partial charge in [-0.2, -0.15) is 0 Å². The van der Waals surface area contributed by atoms with E-state index in [0.29, 0.717) is 13.2 Å². The molecule has 0 aromatic heterocycles. The van der Waals surface area contributed by atoms with Gasteiger partial charge in [-0.25, -0.2) is 0 Å². The highest BCUT2D eigenvalue weighted by Crippen LogP contribution is 2.06. The number of carbonyl (C=O) groups is 2. The van der Waals surface area contributed by atoms with Crippen LogP contribution < -0.4 is 5.73 Å².